The monoisotopic (exact) mass is 557 g/mol. The molecule has 0 bridgehead atoms. The van der Waals surface area contributed by atoms with Crippen molar-refractivity contribution in [3.8, 4) is 5.75 Å². The normalized spacial score (nSPS) is 13.2. The van der Waals surface area contributed by atoms with Gasteiger partial charge in [-0.05, 0) is 53.6 Å². The first kappa shape index (κ1) is 25.6. The molecule has 3 aromatic carbocycles. The Morgan fingerprint density at radius 1 is 0.974 bits per heavy atom. The Morgan fingerprint density at radius 3 is 2.21 bits per heavy atom. The molecule has 194 valence electrons. The number of benzene rings is 3. The third-order valence-electron chi connectivity index (χ3n) is 5.82. The number of anilines is 1. The van der Waals surface area contributed by atoms with Crippen LogP contribution in [0.5, 0.6) is 5.75 Å². The second-order valence-corrected chi connectivity index (χ2v) is 11.2. The topological polar surface area (TPSA) is 83.9 Å². The minimum absolute atomic E-state index is 0.0666. The highest BCUT2D eigenvalue weighted by Gasteiger charge is 2.32. The van der Waals surface area contributed by atoms with E-state index >= 15 is 0 Å². The molecule has 0 aliphatic heterocycles. The first-order valence-corrected chi connectivity index (χ1v) is 13.4. The molecule has 1 aliphatic rings. The van der Waals surface area contributed by atoms with E-state index in [0.717, 1.165) is 33.4 Å². The molecule has 4 aromatic rings. The molecular formula is C27H18F3NO5S2. The van der Waals surface area contributed by atoms with Crippen LogP contribution < -0.4 is 9.04 Å². The molecule has 11 heteroatoms. The van der Waals surface area contributed by atoms with Crippen LogP contribution in [0.15, 0.2) is 95.9 Å². The zero-order chi connectivity index (χ0) is 27.1. The van der Waals surface area contributed by atoms with Gasteiger partial charge in [0.15, 0.2) is 0 Å². The van der Waals surface area contributed by atoms with Crippen LogP contribution in [-0.4, -0.2) is 25.9 Å². The van der Waals surface area contributed by atoms with Crippen LogP contribution in [-0.2, 0) is 16.6 Å². The lowest BCUT2D eigenvalue weighted by molar-refractivity contribution is -0.274. The van der Waals surface area contributed by atoms with Crippen LogP contribution in [0.1, 0.15) is 21.5 Å². The maximum atomic E-state index is 14.0. The van der Waals surface area contributed by atoms with Crippen molar-refractivity contribution in [1.29, 1.82) is 0 Å². The van der Waals surface area contributed by atoms with E-state index in [1.165, 1.54) is 52.0 Å². The third kappa shape index (κ3) is 5.02. The van der Waals surface area contributed by atoms with Crippen LogP contribution >= 0.6 is 11.3 Å². The number of sulfonamides is 1. The molecule has 0 unspecified atom stereocenters. The van der Waals surface area contributed by atoms with Gasteiger partial charge in [0.2, 0.25) is 0 Å². The maximum Gasteiger partial charge on any atom is 0.573 e. The SMILES string of the molecule is O=C(O)c1ccc(S(=O)(=O)N(Cc2ccc(OC(F)(F)F)cc2)c2sc3ccccc3c2C2=CC=C2)cc1. The average Bonchev–Trinajstić information content (AvgIpc) is 3.20. The van der Waals surface area contributed by atoms with Gasteiger partial charge in [0.25, 0.3) is 10.0 Å². The van der Waals surface area contributed by atoms with Crippen molar-refractivity contribution in [2.24, 2.45) is 0 Å². The highest BCUT2D eigenvalue weighted by atomic mass is 32.2. The highest BCUT2D eigenvalue weighted by molar-refractivity contribution is 7.93. The zero-order valence-corrected chi connectivity index (χ0v) is 21.0. The van der Waals surface area contributed by atoms with Crippen LogP contribution in [0.4, 0.5) is 18.2 Å². The summed E-state index contributed by atoms with van der Waals surface area (Å²) in [6.07, 6.45) is 0.727. The number of ether oxygens (including phenoxy) is 1. The predicted molar refractivity (Wildman–Crippen MR) is 139 cm³/mol. The molecule has 1 aliphatic carbocycles. The fourth-order valence-corrected chi connectivity index (χ4v) is 6.87. The molecule has 38 heavy (non-hydrogen) atoms. The van der Waals surface area contributed by atoms with E-state index in [9.17, 15) is 31.5 Å². The largest absolute Gasteiger partial charge is 0.573 e. The molecule has 0 amide bonds. The summed E-state index contributed by atoms with van der Waals surface area (Å²) in [5.74, 6) is -1.62. The summed E-state index contributed by atoms with van der Waals surface area (Å²) in [7, 11) is -4.23. The minimum atomic E-state index is -4.85. The number of thiophene rings is 1. The minimum Gasteiger partial charge on any atom is -0.478 e. The average molecular weight is 558 g/mol. The summed E-state index contributed by atoms with van der Waals surface area (Å²) < 4.78 is 71.8. The van der Waals surface area contributed by atoms with Gasteiger partial charge in [-0.25, -0.2) is 13.2 Å². The summed E-state index contributed by atoms with van der Waals surface area (Å²) in [4.78, 5) is 11.2. The number of allylic oxidation sites excluding steroid dienone is 4. The number of hydrogen-bond acceptors (Lipinski definition) is 5. The number of fused-ring (bicyclic) bond motifs is 1. The lowest BCUT2D eigenvalue weighted by atomic mass is 9.98. The first-order valence-electron chi connectivity index (χ1n) is 11.1. The van der Waals surface area contributed by atoms with Gasteiger partial charge in [0.1, 0.15) is 10.8 Å². The van der Waals surface area contributed by atoms with Crippen molar-refractivity contribution in [2.45, 2.75) is 17.8 Å². The summed E-state index contributed by atoms with van der Waals surface area (Å²) in [5, 5.41) is 10.5. The van der Waals surface area contributed by atoms with Crippen molar-refractivity contribution < 1.29 is 36.2 Å². The Balaban J connectivity index is 1.62. The molecule has 1 N–H and O–H groups in total. The number of carboxylic acid groups (broad SMARTS) is 1. The van der Waals surface area contributed by atoms with Gasteiger partial charge in [0.05, 0.1) is 17.0 Å². The Hall–Kier alpha value is -4.09. The molecule has 0 spiro atoms. The van der Waals surface area contributed by atoms with Crippen LogP contribution in [0, 0.1) is 0 Å². The summed E-state index contributed by atoms with van der Waals surface area (Å²) in [5.41, 5.74) is 1.92. The van der Waals surface area contributed by atoms with Gasteiger partial charge in [-0.2, -0.15) is 0 Å². The molecule has 0 saturated carbocycles. The zero-order valence-electron chi connectivity index (χ0n) is 19.3. The summed E-state index contributed by atoms with van der Waals surface area (Å²) in [6.45, 7) is -0.188. The van der Waals surface area contributed by atoms with Gasteiger partial charge in [-0.3, -0.25) is 4.31 Å². The number of nitrogens with zero attached hydrogens (tertiary/aromatic N) is 1. The van der Waals surface area contributed by atoms with Gasteiger partial charge >= 0.3 is 12.3 Å². The van der Waals surface area contributed by atoms with Crippen molar-refractivity contribution in [3.05, 3.63) is 108 Å². The van der Waals surface area contributed by atoms with E-state index in [0.29, 0.717) is 10.6 Å². The molecule has 0 radical (unpaired) electrons. The fourth-order valence-electron chi connectivity index (χ4n) is 3.97. The number of alkyl halides is 3. The van der Waals surface area contributed by atoms with Crippen molar-refractivity contribution in [2.75, 3.05) is 4.31 Å². The Bertz CT molecular complexity index is 1690. The molecule has 0 saturated heterocycles. The van der Waals surface area contributed by atoms with E-state index in [1.807, 2.05) is 42.5 Å². The van der Waals surface area contributed by atoms with Crippen molar-refractivity contribution in [3.63, 3.8) is 0 Å². The summed E-state index contributed by atoms with van der Waals surface area (Å²) in [6, 6.07) is 17.3. The third-order valence-corrected chi connectivity index (χ3v) is 8.89. The van der Waals surface area contributed by atoms with E-state index in [1.54, 1.807) is 0 Å². The number of aromatic carboxylic acids is 1. The Kier molecular flexibility index (Phi) is 6.49. The van der Waals surface area contributed by atoms with Crippen LogP contribution in [0.3, 0.4) is 0 Å². The van der Waals surface area contributed by atoms with Crippen LogP contribution in [0.2, 0.25) is 0 Å². The standard InChI is InChI=1S/C27H18F3NO5S2/c28-27(29,30)36-20-12-8-17(9-13-20)16-31(38(34,35)21-14-10-19(11-15-21)26(32)33)25-24(18-4-3-5-18)22-6-1-2-7-23(22)37-25/h1-15H,16H2,(H,32,33). The maximum absolute atomic E-state index is 14.0. The van der Waals surface area contributed by atoms with Crippen molar-refractivity contribution in [1.82, 2.24) is 0 Å². The van der Waals surface area contributed by atoms with Crippen LogP contribution in [0.25, 0.3) is 15.7 Å². The number of hydrogen-bond donors (Lipinski definition) is 1. The lowest BCUT2D eigenvalue weighted by Gasteiger charge is -2.25. The second-order valence-electron chi connectivity index (χ2n) is 8.29. The lowest BCUT2D eigenvalue weighted by Crippen LogP contribution is -2.30. The van der Waals surface area contributed by atoms with Gasteiger partial charge in [-0.15, -0.1) is 24.5 Å². The molecular weight excluding hydrogens is 539 g/mol. The van der Waals surface area contributed by atoms with E-state index < -0.39 is 28.1 Å². The molecule has 0 fully saturated rings. The number of carboxylic acids is 1. The fraction of sp³-hybridized carbons (Fsp3) is 0.0741. The number of halogens is 3. The molecule has 5 rings (SSSR count). The Labute approximate surface area is 219 Å². The summed E-state index contributed by atoms with van der Waals surface area (Å²) >= 11 is 1.27. The predicted octanol–water partition coefficient (Wildman–Crippen LogP) is 6.85. The van der Waals surface area contributed by atoms with E-state index in [-0.39, 0.29) is 17.0 Å². The second kappa shape index (κ2) is 9.66. The quantitative estimate of drug-likeness (QED) is 0.256. The first-order chi connectivity index (χ1) is 18.0. The number of carbonyl (C=O) groups is 1. The molecule has 1 aromatic heterocycles. The van der Waals surface area contributed by atoms with Gasteiger partial charge < -0.3 is 9.84 Å². The highest BCUT2D eigenvalue weighted by Crippen LogP contribution is 2.46. The molecule has 6 nitrogen and oxygen atoms in total. The van der Waals surface area contributed by atoms with Gasteiger partial charge in [0, 0.05) is 15.6 Å². The van der Waals surface area contributed by atoms with E-state index in [2.05, 4.69) is 4.74 Å². The van der Waals surface area contributed by atoms with Gasteiger partial charge in [-0.1, -0.05) is 48.6 Å². The Morgan fingerprint density at radius 2 is 1.63 bits per heavy atom. The number of rotatable bonds is 8. The molecule has 0 atom stereocenters. The smallest absolute Gasteiger partial charge is 0.478 e. The van der Waals surface area contributed by atoms with Crippen molar-refractivity contribution >= 4 is 48.0 Å². The molecule has 1 heterocycles. The van der Waals surface area contributed by atoms with E-state index in [4.69, 9.17) is 0 Å².